The van der Waals surface area contributed by atoms with Crippen molar-refractivity contribution in [2.24, 2.45) is 56.0 Å². The van der Waals surface area contributed by atoms with Crippen LogP contribution in [-0.4, -0.2) is 17.5 Å². The van der Waals surface area contributed by atoms with Gasteiger partial charge in [0.25, 0.3) is 0 Å². The van der Waals surface area contributed by atoms with Crippen molar-refractivity contribution in [3.8, 4) is 0 Å². The molecule has 34 heavy (non-hydrogen) atoms. The van der Waals surface area contributed by atoms with E-state index in [1.165, 1.54) is 12.8 Å². The number of Topliss-reactive ketones (excluding diaryl/α,β-unsaturated/α-hetero) is 2. The molecule has 4 heteroatoms. The predicted octanol–water partition coefficient (Wildman–Crippen LogP) is 6.02. The van der Waals surface area contributed by atoms with Crippen molar-refractivity contribution in [3.63, 3.8) is 0 Å². The van der Waals surface area contributed by atoms with Gasteiger partial charge in [0.15, 0.2) is 5.78 Å². The van der Waals surface area contributed by atoms with Crippen molar-refractivity contribution in [2.45, 2.75) is 106 Å². The molecule has 5 rings (SSSR count). The first-order valence-corrected chi connectivity index (χ1v) is 13.6. The lowest BCUT2D eigenvalue weighted by Gasteiger charge is -2.70. The zero-order chi connectivity index (χ0) is 25.1. The van der Waals surface area contributed by atoms with Gasteiger partial charge in [-0.25, -0.2) is 0 Å². The van der Waals surface area contributed by atoms with Crippen molar-refractivity contribution >= 4 is 17.5 Å². The predicted molar refractivity (Wildman–Crippen MR) is 134 cm³/mol. The fraction of sp³-hybridized carbons (Fsp3) is 0.833. The summed E-state index contributed by atoms with van der Waals surface area (Å²) in [5.74, 6) is 0.574. The number of carbonyl (C=O) groups excluding carboxylic acids is 3. The maximum absolute atomic E-state index is 13.0. The maximum atomic E-state index is 13.0. The molecular formula is C30H45NO3. The molecular weight excluding hydrogens is 422 g/mol. The molecule has 8 atom stereocenters. The van der Waals surface area contributed by atoms with E-state index in [1.807, 2.05) is 13.8 Å². The molecule has 1 amide bonds. The molecule has 0 aromatic heterocycles. The molecule has 4 nitrogen and oxygen atoms in total. The molecule has 0 aromatic carbocycles. The first-order valence-electron chi connectivity index (χ1n) is 13.6. The van der Waals surface area contributed by atoms with Crippen LogP contribution in [0.2, 0.25) is 0 Å². The molecule has 0 spiro atoms. The third kappa shape index (κ3) is 2.75. The summed E-state index contributed by atoms with van der Waals surface area (Å²) in [6.45, 7) is 15.9. The SMILES string of the molecule is CC1(C(N)=O)CC[C@]2(C)CC[C@]3(C)C(=CC[C@@H]4[C@@]5(C)CC(=O)C(=O)C(C)(C)C5CC[C@]43C)[C@H]2C1. The van der Waals surface area contributed by atoms with E-state index in [1.54, 1.807) is 5.57 Å². The Morgan fingerprint density at radius 1 is 0.912 bits per heavy atom. The molecule has 2 N–H and O–H groups in total. The van der Waals surface area contributed by atoms with E-state index >= 15 is 0 Å². The van der Waals surface area contributed by atoms with Crippen LogP contribution in [0.1, 0.15) is 106 Å². The molecule has 2 unspecified atom stereocenters. The number of ketones is 2. The fourth-order valence-corrected chi connectivity index (χ4v) is 10.3. The summed E-state index contributed by atoms with van der Waals surface area (Å²) < 4.78 is 0. The van der Waals surface area contributed by atoms with E-state index in [4.69, 9.17) is 5.73 Å². The first-order chi connectivity index (χ1) is 15.6. The van der Waals surface area contributed by atoms with Crippen LogP contribution in [0.25, 0.3) is 0 Å². The van der Waals surface area contributed by atoms with Gasteiger partial charge in [-0.15, -0.1) is 0 Å². The van der Waals surface area contributed by atoms with Crippen LogP contribution in [0.3, 0.4) is 0 Å². The lowest BCUT2D eigenvalue weighted by atomic mass is 9.33. The Hall–Kier alpha value is -1.45. The molecule has 0 radical (unpaired) electrons. The average Bonchev–Trinajstić information content (AvgIpc) is 2.74. The molecule has 5 aliphatic rings. The highest BCUT2D eigenvalue weighted by molar-refractivity contribution is 6.39. The fourth-order valence-electron chi connectivity index (χ4n) is 10.3. The van der Waals surface area contributed by atoms with Gasteiger partial charge in [-0.3, -0.25) is 14.4 Å². The van der Waals surface area contributed by atoms with Crippen molar-refractivity contribution < 1.29 is 14.4 Å². The van der Waals surface area contributed by atoms with Crippen molar-refractivity contribution in [1.29, 1.82) is 0 Å². The van der Waals surface area contributed by atoms with E-state index in [0.717, 1.165) is 38.5 Å². The van der Waals surface area contributed by atoms with E-state index in [2.05, 4.69) is 40.7 Å². The second-order valence-corrected chi connectivity index (χ2v) is 14.8. The minimum atomic E-state index is -0.575. The number of fused-ring (bicyclic) bond motifs is 7. The number of nitrogens with two attached hydrogens (primary N) is 1. The Labute approximate surface area is 205 Å². The zero-order valence-corrected chi connectivity index (χ0v) is 22.5. The largest absolute Gasteiger partial charge is 0.369 e. The highest BCUT2D eigenvalue weighted by atomic mass is 16.2. The Bertz CT molecular complexity index is 1010. The summed E-state index contributed by atoms with van der Waals surface area (Å²) in [4.78, 5) is 38.3. The van der Waals surface area contributed by atoms with Gasteiger partial charge in [0, 0.05) is 17.3 Å². The minimum Gasteiger partial charge on any atom is -0.369 e. The summed E-state index contributed by atoms with van der Waals surface area (Å²) in [5.41, 5.74) is 6.72. The summed E-state index contributed by atoms with van der Waals surface area (Å²) >= 11 is 0. The average molecular weight is 468 g/mol. The van der Waals surface area contributed by atoms with Crippen molar-refractivity contribution in [1.82, 2.24) is 0 Å². The molecule has 0 aromatic rings. The monoisotopic (exact) mass is 467 g/mol. The van der Waals surface area contributed by atoms with Gasteiger partial charge in [0.2, 0.25) is 11.7 Å². The van der Waals surface area contributed by atoms with E-state index in [-0.39, 0.29) is 45.1 Å². The summed E-state index contributed by atoms with van der Waals surface area (Å²) in [7, 11) is 0. The van der Waals surface area contributed by atoms with Gasteiger partial charge in [-0.05, 0) is 90.8 Å². The normalized spacial score (nSPS) is 52.0. The standard InChI is InChI=1S/C30H45NO3/c1-25(2)21-10-11-30(7)22(28(21,5)17-20(32)23(25)33)9-8-18-19-16-27(4,24(31)34)13-12-26(19,3)14-15-29(18,30)6/h8,19,21-22H,9-17H2,1-7H3,(H2,31,34)/t19-,21?,22-,26-,27?,28+,29-,30-/m1/s1. The van der Waals surface area contributed by atoms with Crippen LogP contribution in [0.5, 0.6) is 0 Å². The molecule has 4 saturated carbocycles. The number of amides is 1. The summed E-state index contributed by atoms with van der Waals surface area (Å²) in [5, 5.41) is 0. The zero-order valence-electron chi connectivity index (χ0n) is 22.5. The summed E-state index contributed by atoms with van der Waals surface area (Å²) in [6, 6.07) is 0. The van der Waals surface area contributed by atoms with Crippen LogP contribution >= 0.6 is 0 Å². The Morgan fingerprint density at radius 2 is 1.56 bits per heavy atom. The lowest BCUT2D eigenvalue weighted by molar-refractivity contribution is -0.186. The van der Waals surface area contributed by atoms with Gasteiger partial charge in [-0.2, -0.15) is 0 Å². The Morgan fingerprint density at radius 3 is 2.21 bits per heavy atom. The third-order valence-electron chi connectivity index (χ3n) is 12.9. The quantitative estimate of drug-likeness (QED) is 0.378. The molecule has 0 heterocycles. The van der Waals surface area contributed by atoms with E-state index < -0.39 is 10.8 Å². The van der Waals surface area contributed by atoms with Gasteiger partial charge >= 0.3 is 0 Å². The van der Waals surface area contributed by atoms with Crippen LogP contribution in [0, 0.1) is 50.2 Å². The van der Waals surface area contributed by atoms with Crippen molar-refractivity contribution in [3.05, 3.63) is 11.6 Å². The molecule has 5 aliphatic carbocycles. The number of hydrogen-bond acceptors (Lipinski definition) is 3. The minimum absolute atomic E-state index is 0.0542. The lowest BCUT2D eigenvalue weighted by Crippen LogP contribution is -2.65. The molecule has 188 valence electrons. The van der Waals surface area contributed by atoms with Gasteiger partial charge < -0.3 is 5.73 Å². The van der Waals surface area contributed by atoms with E-state index in [0.29, 0.717) is 18.3 Å². The Balaban J connectivity index is 1.59. The van der Waals surface area contributed by atoms with Gasteiger partial charge in [0.1, 0.15) is 0 Å². The summed E-state index contributed by atoms with van der Waals surface area (Å²) in [6.07, 6.45) is 11.2. The maximum Gasteiger partial charge on any atom is 0.223 e. The van der Waals surface area contributed by atoms with Crippen LogP contribution in [0.4, 0.5) is 0 Å². The first kappa shape index (κ1) is 24.3. The number of hydrogen-bond donors (Lipinski definition) is 1. The van der Waals surface area contributed by atoms with Gasteiger partial charge in [-0.1, -0.05) is 60.1 Å². The van der Waals surface area contributed by atoms with E-state index in [9.17, 15) is 14.4 Å². The number of primary amides is 1. The highest BCUT2D eigenvalue weighted by Crippen LogP contribution is 2.75. The van der Waals surface area contributed by atoms with Crippen molar-refractivity contribution in [2.75, 3.05) is 0 Å². The number of allylic oxidation sites excluding steroid dienone is 2. The number of carbonyl (C=O) groups is 3. The van der Waals surface area contributed by atoms with Crippen LogP contribution in [-0.2, 0) is 14.4 Å². The smallest absolute Gasteiger partial charge is 0.223 e. The third-order valence-corrected chi connectivity index (χ3v) is 12.9. The topological polar surface area (TPSA) is 77.2 Å². The Kier molecular flexibility index (Phi) is 4.89. The van der Waals surface area contributed by atoms with Crippen LogP contribution < -0.4 is 5.73 Å². The molecule has 0 bridgehead atoms. The molecule has 0 aliphatic heterocycles. The highest BCUT2D eigenvalue weighted by Gasteiger charge is 2.69. The molecule has 0 saturated heterocycles. The second kappa shape index (κ2) is 6.85. The van der Waals surface area contributed by atoms with Gasteiger partial charge in [0.05, 0.1) is 0 Å². The number of rotatable bonds is 1. The van der Waals surface area contributed by atoms with Crippen LogP contribution in [0.15, 0.2) is 11.6 Å². The second-order valence-electron chi connectivity index (χ2n) is 14.8. The molecule has 4 fully saturated rings.